The first-order valence-electron chi connectivity index (χ1n) is 8.04. The lowest BCUT2D eigenvalue weighted by Crippen LogP contribution is -2.42. The summed E-state index contributed by atoms with van der Waals surface area (Å²) in [4.78, 5) is 6.99. The summed E-state index contributed by atoms with van der Waals surface area (Å²) in [7, 11) is 0. The summed E-state index contributed by atoms with van der Waals surface area (Å²) < 4.78 is 5.55. The number of likely N-dealkylation sites (tertiary alicyclic amines) is 1. The second-order valence-corrected chi connectivity index (χ2v) is 6.31. The van der Waals surface area contributed by atoms with E-state index in [1.807, 2.05) is 0 Å². The van der Waals surface area contributed by atoms with Crippen LogP contribution in [-0.2, 0) is 4.74 Å². The van der Waals surface area contributed by atoms with Gasteiger partial charge in [0.2, 0.25) is 0 Å². The van der Waals surface area contributed by atoms with Crippen LogP contribution >= 0.6 is 24.0 Å². The number of halogens is 1. The molecule has 0 aromatic carbocycles. The zero-order valence-corrected chi connectivity index (χ0v) is 15.7. The lowest BCUT2D eigenvalue weighted by atomic mass is 9.98. The Morgan fingerprint density at radius 1 is 1.38 bits per heavy atom. The van der Waals surface area contributed by atoms with Crippen molar-refractivity contribution in [2.24, 2.45) is 16.6 Å². The van der Waals surface area contributed by atoms with Gasteiger partial charge in [0.05, 0.1) is 12.6 Å². The van der Waals surface area contributed by atoms with Gasteiger partial charge in [-0.1, -0.05) is 6.92 Å². The van der Waals surface area contributed by atoms with Crippen LogP contribution in [-0.4, -0.2) is 55.8 Å². The minimum Gasteiger partial charge on any atom is -0.376 e. The fraction of sp³-hybridized carbons (Fsp3) is 0.933. The topological polar surface area (TPSA) is 62.9 Å². The average molecular weight is 410 g/mol. The van der Waals surface area contributed by atoms with Gasteiger partial charge in [-0.05, 0) is 51.6 Å². The van der Waals surface area contributed by atoms with E-state index in [9.17, 15) is 0 Å². The summed E-state index contributed by atoms with van der Waals surface area (Å²) in [5.74, 6) is 1.43. The van der Waals surface area contributed by atoms with Crippen LogP contribution in [0.5, 0.6) is 0 Å². The molecule has 0 spiro atoms. The van der Waals surface area contributed by atoms with E-state index in [0.717, 1.165) is 38.5 Å². The summed E-state index contributed by atoms with van der Waals surface area (Å²) in [6, 6.07) is 0.477. The molecule has 3 N–H and O–H groups in total. The Kier molecular flexibility index (Phi) is 8.89. The van der Waals surface area contributed by atoms with Crippen molar-refractivity contribution in [3.8, 4) is 0 Å². The third kappa shape index (κ3) is 6.69. The summed E-state index contributed by atoms with van der Waals surface area (Å²) in [5, 5.41) is 3.17. The maximum Gasteiger partial charge on any atom is 0.188 e. The van der Waals surface area contributed by atoms with Crippen molar-refractivity contribution in [3.05, 3.63) is 0 Å². The number of aliphatic imine (C=N–C) groups is 1. The molecule has 2 aliphatic rings. The van der Waals surface area contributed by atoms with Gasteiger partial charge in [0.15, 0.2) is 5.96 Å². The third-order valence-corrected chi connectivity index (χ3v) is 4.50. The average Bonchev–Trinajstić information content (AvgIpc) is 2.96. The Balaban J connectivity index is 0.00000220. The minimum atomic E-state index is 0. The smallest absolute Gasteiger partial charge is 0.188 e. The normalized spacial score (nSPS) is 26.4. The van der Waals surface area contributed by atoms with E-state index in [2.05, 4.69) is 29.1 Å². The van der Waals surface area contributed by atoms with Gasteiger partial charge in [-0.2, -0.15) is 0 Å². The highest BCUT2D eigenvalue weighted by molar-refractivity contribution is 14.0. The number of piperidine rings is 1. The molecule has 0 saturated carbocycles. The van der Waals surface area contributed by atoms with Crippen LogP contribution in [0.4, 0.5) is 0 Å². The van der Waals surface area contributed by atoms with Crippen LogP contribution in [0.2, 0.25) is 0 Å². The van der Waals surface area contributed by atoms with Crippen LogP contribution < -0.4 is 11.1 Å². The maximum atomic E-state index is 5.92. The lowest BCUT2D eigenvalue weighted by Gasteiger charge is -2.34. The van der Waals surface area contributed by atoms with E-state index in [1.54, 1.807) is 0 Å². The Morgan fingerprint density at radius 3 is 2.71 bits per heavy atom. The molecule has 0 radical (unpaired) electrons. The molecule has 124 valence electrons. The Bertz CT molecular complexity index is 313. The highest BCUT2D eigenvalue weighted by Crippen LogP contribution is 2.17. The third-order valence-electron chi connectivity index (χ3n) is 4.50. The highest BCUT2D eigenvalue weighted by Gasteiger charge is 2.20. The molecular formula is C15H31IN4O. The molecule has 0 aliphatic carbocycles. The van der Waals surface area contributed by atoms with Crippen LogP contribution in [0.25, 0.3) is 0 Å². The van der Waals surface area contributed by atoms with Gasteiger partial charge in [0.25, 0.3) is 0 Å². The fourth-order valence-electron chi connectivity index (χ4n) is 2.89. The number of nitrogens with one attached hydrogen (secondary N) is 1. The summed E-state index contributed by atoms with van der Waals surface area (Å²) in [5.41, 5.74) is 5.92. The molecule has 21 heavy (non-hydrogen) atoms. The van der Waals surface area contributed by atoms with E-state index in [1.165, 1.54) is 25.9 Å². The van der Waals surface area contributed by atoms with Crippen LogP contribution in [0, 0.1) is 5.92 Å². The molecule has 2 atom stereocenters. The highest BCUT2D eigenvalue weighted by atomic mass is 127. The summed E-state index contributed by atoms with van der Waals surface area (Å²) in [6.45, 7) is 9.42. The second kappa shape index (κ2) is 9.84. The van der Waals surface area contributed by atoms with Gasteiger partial charge >= 0.3 is 0 Å². The molecule has 0 aromatic heterocycles. The molecular weight excluding hydrogens is 379 g/mol. The van der Waals surface area contributed by atoms with Crippen LogP contribution in [0.3, 0.4) is 0 Å². The molecule has 0 aromatic rings. The summed E-state index contributed by atoms with van der Waals surface area (Å²) in [6.07, 6.45) is 5.21. The van der Waals surface area contributed by atoms with Crippen molar-refractivity contribution in [2.45, 2.75) is 51.7 Å². The Hall–Kier alpha value is -0.0800. The van der Waals surface area contributed by atoms with E-state index in [-0.39, 0.29) is 24.0 Å². The fourth-order valence-corrected chi connectivity index (χ4v) is 2.89. The molecule has 0 amide bonds. The van der Waals surface area contributed by atoms with Gasteiger partial charge in [-0.3, -0.25) is 9.89 Å². The Morgan fingerprint density at radius 2 is 2.10 bits per heavy atom. The van der Waals surface area contributed by atoms with Crippen LogP contribution in [0.1, 0.15) is 39.5 Å². The largest absolute Gasteiger partial charge is 0.376 e. The summed E-state index contributed by atoms with van der Waals surface area (Å²) >= 11 is 0. The molecule has 2 saturated heterocycles. The first-order chi connectivity index (χ1) is 9.65. The number of nitrogens with two attached hydrogens (primary N) is 1. The number of hydrogen-bond acceptors (Lipinski definition) is 3. The van der Waals surface area contributed by atoms with Crippen molar-refractivity contribution in [3.63, 3.8) is 0 Å². The number of guanidine groups is 1. The first kappa shape index (κ1) is 19.0. The van der Waals surface area contributed by atoms with Gasteiger partial charge in [-0.15, -0.1) is 24.0 Å². The van der Waals surface area contributed by atoms with Crippen molar-refractivity contribution in [1.82, 2.24) is 10.2 Å². The SMILES string of the molecule is CC1CCN(C(C)CN=C(N)NCC2CCCO2)CC1.I. The van der Waals surface area contributed by atoms with E-state index >= 15 is 0 Å². The number of nitrogens with zero attached hydrogens (tertiary/aromatic N) is 2. The van der Waals surface area contributed by atoms with Gasteiger partial charge in [0, 0.05) is 19.2 Å². The lowest BCUT2D eigenvalue weighted by molar-refractivity contribution is 0.114. The molecule has 2 fully saturated rings. The number of rotatable bonds is 5. The molecule has 2 aliphatic heterocycles. The van der Waals surface area contributed by atoms with Crippen molar-refractivity contribution in [1.29, 1.82) is 0 Å². The molecule has 2 rings (SSSR count). The second-order valence-electron chi connectivity index (χ2n) is 6.31. The molecule has 2 heterocycles. The molecule has 0 bridgehead atoms. The van der Waals surface area contributed by atoms with Crippen molar-refractivity contribution < 1.29 is 4.74 Å². The first-order valence-corrected chi connectivity index (χ1v) is 8.04. The predicted molar refractivity (Wildman–Crippen MR) is 98.3 cm³/mol. The maximum absolute atomic E-state index is 5.92. The van der Waals surface area contributed by atoms with Gasteiger partial charge in [0.1, 0.15) is 0 Å². The predicted octanol–water partition coefficient (Wildman–Crippen LogP) is 1.81. The number of hydrogen-bond donors (Lipinski definition) is 2. The Labute approximate surface area is 146 Å². The van der Waals surface area contributed by atoms with Crippen molar-refractivity contribution in [2.75, 3.05) is 32.8 Å². The number of ether oxygens (including phenoxy) is 1. The molecule has 2 unspecified atom stereocenters. The van der Waals surface area contributed by atoms with E-state index < -0.39 is 0 Å². The zero-order chi connectivity index (χ0) is 14.4. The zero-order valence-electron chi connectivity index (χ0n) is 13.4. The van der Waals surface area contributed by atoms with E-state index in [0.29, 0.717) is 18.1 Å². The van der Waals surface area contributed by atoms with Crippen LogP contribution in [0.15, 0.2) is 4.99 Å². The monoisotopic (exact) mass is 410 g/mol. The van der Waals surface area contributed by atoms with E-state index in [4.69, 9.17) is 10.5 Å². The minimum absolute atomic E-state index is 0. The molecule has 5 nitrogen and oxygen atoms in total. The molecule has 6 heteroatoms. The van der Waals surface area contributed by atoms with Gasteiger partial charge in [-0.25, -0.2) is 0 Å². The van der Waals surface area contributed by atoms with Gasteiger partial charge < -0.3 is 15.8 Å². The standard InChI is InChI=1S/C15H30N4O.HI/c1-12-5-7-19(8-6-12)13(2)10-17-15(16)18-11-14-4-3-9-20-14;/h12-14H,3-11H2,1-2H3,(H3,16,17,18);1H. The quantitative estimate of drug-likeness (QED) is 0.412. The van der Waals surface area contributed by atoms with Crippen molar-refractivity contribution >= 4 is 29.9 Å².